The summed E-state index contributed by atoms with van der Waals surface area (Å²) in [5.41, 5.74) is -0.909. The molecule has 2 atom stereocenters. The third-order valence-corrected chi connectivity index (χ3v) is 3.96. The number of hydrogen-bond donors (Lipinski definition) is 2. The molecule has 104 valence electrons. The standard InChI is InChI=1S/C13H19N3O3/c1-9-5-3-4-6-13(9,12(18)19)15-11(17)10-7-16(2)8-14-10/h7-9H,3-6H2,1-2H3,(H,15,17)(H,18,19). The number of nitrogens with zero attached hydrogens (tertiary/aromatic N) is 2. The van der Waals surface area contributed by atoms with E-state index in [1.54, 1.807) is 17.8 Å². The van der Waals surface area contributed by atoms with Crippen LogP contribution in [0.15, 0.2) is 12.5 Å². The first-order chi connectivity index (χ1) is 8.95. The Morgan fingerprint density at radius 3 is 2.79 bits per heavy atom. The summed E-state index contributed by atoms with van der Waals surface area (Å²) in [6.45, 7) is 1.88. The van der Waals surface area contributed by atoms with E-state index in [9.17, 15) is 14.7 Å². The van der Waals surface area contributed by atoms with Crippen LogP contribution < -0.4 is 5.32 Å². The van der Waals surface area contributed by atoms with Crippen molar-refractivity contribution in [1.29, 1.82) is 0 Å². The molecule has 1 aromatic heterocycles. The predicted molar refractivity (Wildman–Crippen MR) is 68.7 cm³/mol. The van der Waals surface area contributed by atoms with Crippen LogP contribution in [0.4, 0.5) is 0 Å². The zero-order valence-corrected chi connectivity index (χ0v) is 11.2. The fourth-order valence-electron chi connectivity index (χ4n) is 2.70. The summed E-state index contributed by atoms with van der Waals surface area (Å²) in [7, 11) is 1.76. The van der Waals surface area contributed by atoms with E-state index in [0.717, 1.165) is 19.3 Å². The molecule has 1 aliphatic carbocycles. The highest BCUT2D eigenvalue weighted by atomic mass is 16.4. The average molecular weight is 265 g/mol. The molecule has 0 bridgehead atoms. The van der Waals surface area contributed by atoms with E-state index in [4.69, 9.17) is 0 Å². The molecule has 0 radical (unpaired) electrons. The maximum Gasteiger partial charge on any atom is 0.329 e. The van der Waals surface area contributed by atoms with Crippen LogP contribution >= 0.6 is 0 Å². The zero-order chi connectivity index (χ0) is 14.0. The summed E-state index contributed by atoms with van der Waals surface area (Å²) in [5.74, 6) is -1.45. The van der Waals surface area contributed by atoms with E-state index in [1.165, 1.54) is 6.33 Å². The molecule has 2 unspecified atom stereocenters. The Morgan fingerprint density at radius 1 is 1.53 bits per heavy atom. The topological polar surface area (TPSA) is 84.2 Å². The number of aliphatic carboxylic acids is 1. The van der Waals surface area contributed by atoms with Gasteiger partial charge in [-0.15, -0.1) is 0 Å². The maximum absolute atomic E-state index is 12.1. The minimum absolute atomic E-state index is 0.0774. The van der Waals surface area contributed by atoms with Gasteiger partial charge >= 0.3 is 5.97 Å². The van der Waals surface area contributed by atoms with Gasteiger partial charge in [0, 0.05) is 13.2 Å². The minimum atomic E-state index is -1.16. The Morgan fingerprint density at radius 2 is 2.26 bits per heavy atom. The Bertz CT molecular complexity index is 497. The normalized spacial score (nSPS) is 26.9. The monoisotopic (exact) mass is 265 g/mol. The van der Waals surface area contributed by atoms with Gasteiger partial charge in [-0.1, -0.05) is 19.8 Å². The van der Waals surface area contributed by atoms with Gasteiger partial charge in [0.15, 0.2) is 0 Å². The van der Waals surface area contributed by atoms with Gasteiger partial charge in [-0.05, 0) is 18.8 Å². The van der Waals surface area contributed by atoms with E-state index < -0.39 is 17.4 Å². The Labute approximate surface area is 111 Å². The van der Waals surface area contributed by atoms with Crippen molar-refractivity contribution in [3.8, 4) is 0 Å². The van der Waals surface area contributed by atoms with E-state index in [2.05, 4.69) is 10.3 Å². The first kappa shape index (κ1) is 13.6. The lowest BCUT2D eigenvalue weighted by atomic mass is 9.73. The third-order valence-electron chi connectivity index (χ3n) is 3.96. The van der Waals surface area contributed by atoms with E-state index in [-0.39, 0.29) is 11.6 Å². The SMILES string of the molecule is CC1CCCCC1(NC(=O)c1cn(C)cn1)C(=O)O. The van der Waals surface area contributed by atoms with Crippen molar-refractivity contribution in [1.82, 2.24) is 14.9 Å². The van der Waals surface area contributed by atoms with Crippen molar-refractivity contribution < 1.29 is 14.7 Å². The molecule has 1 saturated carbocycles. The summed E-state index contributed by atoms with van der Waals surface area (Å²) in [5, 5.41) is 12.2. The summed E-state index contributed by atoms with van der Waals surface area (Å²) < 4.78 is 1.66. The molecule has 1 amide bonds. The summed E-state index contributed by atoms with van der Waals surface area (Å²) in [6.07, 6.45) is 6.22. The second-order valence-electron chi connectivity index (χ2n) is 5.30. The molecule has 0 spiro atoms. The number of hydrogen-bond acceptors (Lipinski definition) is 3. The lowest BCUT2D eigenvalue weighted by Gasteiger charge is -2.39. The van der Waals surface area contributed by atoms with Crippen LogP contribution in [0.3, 0.4) is 0 Å². The number of carbonyl (C=O) groups excluding carboxylic acids is 1. The number of imidazole rings is 1. The molecule has 1 aromatic rings. The van der Waals surface area contributed by atoms with Crippen molar-refractivity contribution in [3.05, 3.63) is 18.2 Å². The number of carboxylic acids is 1. The third kappa shape index (κ3) is 2.47. The van der Waals surface area contributed by atoms with Gasteiger partial charge in [0.25, 0.3) is 5.91 Å². The van der Waals surface area contributed by atoms with Crippen molar-refractivity contribution in [2.75, 3.05) is 0 Å². The summed E-state index contributed by atoms with van der Waals surface area (Å²) >= 11 is 0. The predicted octanol–water partition coefficient (Wildman–Crippen LogP) is 1.18. The van der Waals surface area contributed by atoms with Crippen LogP contribution in [0.25, 0.3) is 0 Å². The van der Waals surface area contributed by atoms with Gasteiger partial charge in [-0.25, -0.2) is 9.78 Å². The molecule has 0 aliphatic heterocycles. The number of aryl methyl sites for hydroxylation is 1. The lowest BCUT2D eigenvalue weighted by molar-refractivity contribution is -0.148. The van der Waals surface area contributed by atoms with Crippen molar-refractivity contribution in [2.45, 2.75) is 38.1 Å². The van der Waals surface area contributed by atoms with Gasteiger partial charge < -0.3 is 15.0 Å². The first-order valence-corrected chi connectivity index (χ1v) is 6.49. The molecular formula is C13H19N3O3. The van der Waals surface area contributed by atoms with Gasteiger partial charge in [-0.3, -0.25) is 4.79 Å². The Balaban J connectivity index is 2.21. The van der Waals surface area contributed by atoms with Crippen molar-refractivity contribution in [2.24, 2.45) is 13.0 Å². The number of carbonyl (C=O) groups is 2. The molecule has 0 saturated heterocycles. The number of amides is 1. The van der Waals surface area contributed by atoms with Crippen LogP contribution in [0.2, 0.25) is 0 Å². The lowest BCUT2D eigenvalue weighted by Crippen LogP contribution is -2.60. The largest absolute Gasteiger partial charge is 0.479 e. The van der Waals surface area contributed by atoms with Crippen LogP contribution in [0.5, 0.6) is 0 Å². The van der Waals surface area contributed by atoms with Crippen LogP contribution in [-0.4, -0.2) is 32.1 Å². The summed E-state index contributed by atoms with van der Waals surface area (Å²) in [6, 6.07) is 0. The van der Waals surface area contributed by atoms with E-state index >= 15 is 0 Å². The molecule has 0 aromatic carbocycles. The number of nitrogens with one attached hydrogen (secondary N) is 1. The summed E-state index contributed by atoms with van der Waals surface area (Å²) in [4.78, 5) is 27.7. The van der Waals surface area contributed by atoms with Gasteiger partial charge in [-0.2, -0.15) is 0 Å². The number of carboxylic acid groups (broad SMARTS) is 1. The molecule has 1 heterocycles. The van der Waals surface area contributed by atoms with Crippen LogP contribution in [0.1, 0.15) is 43.1 Å². The Kier molecular flexibility index (Phi) is 3.59. The Hall–Kier alpha value is -1.85. The van der Waals surface area contributed by atoms with E-state index in [0.29, 0.717) is 6.42 Å². The first-order valence-electron chi connectivity index (χ1n) is 6.49. The molecule has 2 rings (SSSR count). The van der Waals surface area contributed by atoms with Crippen LogP contribution in [0, 0.1) is 5.92 Å². The quantitative estimate of drug-likeness (QED) is 0.859. The van der Waals surface area contributed by atoms with Gasteiger partial charge in [0.1, 0.15) is 11.2 Å². The smallest absolute Gasteiger partial charge is 0.329 e. The fourth-order valence-corrected chi connectivity index (χ4v) is 2.70. The molecule has 2 N–H and O–H groups in total. The van der Waals surface area contributed by atoms with Gasteiger partial charge in [0.05, 0.1) is 6.33 Å². The maximum atomic E-state index is 12.1. The number of aromatic nitrogens is 2. The highest BCUT2D eigenvalue weighted by molar-refractivity contribution is 5.96. The zero-order valence-electron chi connectivity index (χ0n) is 11.2. The second-order valence-corrected chi connectivity index (χ2v) is 5.30. The molecule has 1 fully saturated rings. The molecule has 6 nitrogen and oxygen atoms in total. The highest BCUT2D eigenvalue weighted by Crippen LogP contribution is 2.34. The highest BCUT2D eigenvalue weighted by Gasteiger charge is 2.46. The van der Waals surface area contributed by atoms with E-state index in [1.807, 2.05) is 6.92 Å². The van der Waals surface area contributed by atoms with Gasteiger partial charge in [0.2, 0.25) is 0 Å². The fraction of sp³-hybridized carbons (Fsp3) is 0.615. The van der Waals surface area contributed by atoms with Crippen LogP contribution in [-0.2, 0) is 11.8 Å². The van der Waals surface area contributed by atoms with Crippen molar-refractivity contribution in [3.63, 3.8) is 0 Å². The molecule has 6 heteroatoms. The number of rotatable bonds is 3. The molecule has 19 heavy (non-hydrogen) atoms. The van der Waals surface area contributed by atoms with Crippen molar-refractivity contribution >= 4 is 11.9 Å². The molecule has 1 aliphatic rings. The molecular weight excluding hydrogens is 246 g/mol. The average Bonchev–Trinajstić information content (AvgIpc) is 2.78. The minimum Gasteiger partial charge on any atom is -0.479 e. The second kappa shape index (κ2) is 5.03.